The molecule has 1 saturated heterocycles. The fraction of sp³-hybridized carbons (Fsp3) is 0.148. The molecule has 2 aliphatic heterocycles. The molecule has 0 saturated carbocycles. The molecule has 5 rings (SSSR count). The summed E-state index contributed by atoms with van der Waals surface area (Å²) in [6, 6.07) is 13.6. The van der Waals surface area contributed by atoms with Gasteiger partial charge in [0.2, 0.25) is 6.79 Å². The number of anilines is 1. The minimum atomic E-state index is -0.428. The van der Waals surface area contributed by atoms with Gasteiger partial charge in [-0.25, -0.2) is 0 Å². The van der Waals surface area contributed by atoms with Crippen molar-refractivity contribution in [3.05, 3.63) is 84.6 Å². The van der Waals surface area contributed by atoms with Gasteiger partial charge in [-0.2, -0.15) is 0 Å². The second-order valence-electron chi connectivity index (χ2n) is 8.56. The zero-order valence-electron chi connectivity index (χ0n) is 20.3. The van der Waals surface area contributed by atoms with Gasteiger partial charge in [0.1, 0.15) is 5.75 Å². The third-order valence-electron chi connectivity index (χ3n) is 5.81. The van der Waals surface area contributed by atoms with Crippen LogP contribution in [0.5, 0.6) is 17.2 Å². The molecule has 3 amide bonds. The van der Waals surface area contributed by atoms with Crippen LogP contribution >= 0.6 is 50.9 Å². The number of carbonyl (C=O) groups excluding carboxylic acids is 3. The molecule has 0 bridgehead atoms. The van der Waals surface area contributed by atoms with Gasteiger partial charge in [-0.1, -0.05) is 35.3 Å². The van der Waals surface area contributed by atoms with E-state index in [2.05, 4.69) is 21.2 Å². The van der Waals surface area contributed by atoms with Gasteiger partial charge in [0.15, 0.2) is 18.1 Å². The minimum Gasteiger partial charge on any atom is -0.483 e. The highest BCUT2D eigenvalue weighted by Crippen LogP contribution is 2.39. The first-order chi connectivity index (χ1) is 18.7. The smallest absolute Gasteiger partial charge is 0.293 e. The fourth-order valence-electron chi connectivity index (χ4n) is 3.77. The maximum atomic E-state index is 13.0. The number of halogens is 3. The molecule has 0 unspecified atom stereocenters. The average molecular weight is 650 g/mol. The van der Waals surface area contributed by atoms with Crippen molar-refractivity contribution in [2.75, 3.05) is 18.7 Å². The van der Waals surface area contributed by atoms with Crippen LogP contribution in [-0.4, -0.2) is 35.4 Å². The lowest BCUT2D eigenvalue weighted by Gasteiger charge is -2.14. The van der Waals surface area contributed by atoms with Gasteiger partial charge in [-0.05, 0) is 87.7 Å². The van der Waals surface area contributed by atoms with E-state index >= 15 is 0 Å². The minimum absolute atomic E-state index is 0.00477. The highest BCUT2D eigenvalue weighted by molar-refractivity contribution is 9.10. The van der Waals surface area contributed by atoms with E-state index in [0.29, 0.717) is 48.6 Å². The molecule has 8 nitrogen and oxygen atoms in total. The number of aryl methyl sites for hydroxylation is 1. The predicted molar refractivity (Wildman–Crippen MR) is 154 cm³/mol. The SMILES string of the molecule is Cc1ccc(NC(=O)COc2ccc(/C=C3\SC(=O)N(Cc4cc5c(cc4Cl)OCO5)C3=O)cc2Br)cc1Cl. The van der Waals surface area contributed by atoms with Crippen molar-refractivity contribution >= 4 is 79.7 Å². The monoisotopic (exact) mass is 648 g/mol. The Morgan fingerprint density at radius 3 is 2.62 bits per heavy atom. The number of fused-ring (bicyclic) bond motifs is 1. The molecule has 12 heteroatoms. The van der Waals surface area contributed by atoms with Gasteiger partial charge in [-0.3, -0.25) is 19.3 Å². The van der Waals surface area contributed by atoms with Crippen molar-refractivity contribution in [1.82, 2.24) is 4.90 Å². The van der Waals surface area contributed by atoms with Gasteiger partial charge in [-0.15, -0.1) is 0 Å². The molecule has 1 N–H and O–H groups in total. The summed E-state index contributed by atoms with van der Waals surface area (Å²) >= 11 is 16.7. The number of nitrogens with zero attached hydrogens (tertiary/aromatic N) is 1. The lowest BCUT2D eigenvalue weighted by Crippen LogP contribution is -2.27. The largest absolute Gasteiger partial charge is 0.483 e. The van der Waals surface area contributed by atoms with Gasteiger partial charge in [0.05, 0.1) is 15.9 Å². The Bertz CT molecular complexity index is 1550. The molecule has 3 aromatic carbocycles. The molecule has 1 fully saturated rings. The highest BCUT2D eigenvalue weighted by atomic mass is 79.9. The van der Waals surface area contributed by atoms with Gasteiger partial charge >= 0.3 is 0 Å². The third-order valence-corrected chi connectivity index (χ3v) is 8.10. The van der Waals surface area contributed by atoms with E-state index in [-0.39, 0.29) is 30.8 Å². The van der Waals surface area contributed by atoms with Gasteiger partial charge in [0.25, 0.3) is 17.1 Å². The van der Waals surface area contributed by atoms with Crippen molar-refractivity contribution in [3.63, 3.8) is 0 Å². The van der Waals surface area contributed by atoms with Crippen LogP contribution in [0.25, 0.3) is 6.08 Å². The van der Waals surface area contributed by atoms with E-state index in [4.69, 9.17) is 37.4 Å². The predicted octanol–water partition coefficient (Wildman–Crippen LogP) is 7.05. The number of ether oxygens (including phenoxy) is 3. The Labute approximate surface area is 246 Å². The first-order valence-electron chi connectivity index (χ1n) is 11.5. The number of thioether (sulfide) groups is 1. The number of hydrogen-bond donors (Lipinski definition) is 1. The first kappa shape index (κ1) is 27.4. The van der Waals surface area contributed by atoms with Crippen molar-refractivity contribution in [1.29, 1.82) is 0 Å². The van der Waals surface area contributed by atoms with Gasteiger partial charge in [0, 0.05) is 21.8 Å². The molecule has 2 heterocycles. The number of nitrogens with one attached hydrogen (secondary N) is 1. The molecule has 3 aromatic rings. The Hall–Kier alpha value is -3.18. The highest BCUT2D eigenvalue weighted by Gasteiger charge is 2.35. The first-order valence-corrected chi connectivity index (χ1v) is 13.9. The van der Waals surface area contributed by atoms with E-state index in [1.807, 2.05) is 13.0 Å². The molecule has 0 aromatic heterocycles. The summed E-state index contributed by atoms with van der Waals surface area (Å²) in [5.41, 5.74) is 2.72. The number of amides is 3. The molecule has 2 aliphatic rings. The zero-order valence-corrected chi connectivity index (χ0v) is 24.2. The summed E-state index contributed by atoms with van der Waals surface area (Å²) < 4.78 is 16.9. The topological polar surface area (TPSA) is 94.2 Å². The van der Waals surface area contributed by atoms with E-state index in [1.165, 1.54) is 0 Å². The van der Waals surface area contributed by atoms with Crippen LogP contribution in [0, 0.1) is 6.92 Å². The normalized spacial score (nSPS) is 15.3. The summed E-state index contributed by atoms with van der Waals surface area (Å²) in [6.07, 6.45) is 1.62. The second kappa shape index (κ2) is 11.5. The molecule has 0 aliphatic carbocycles. The molecular weight excluding hydrogens is 631 g/mol. The van der Waals surface area contributed by atoms with Crippen LogP contribution < -0.4 is 19.5 Å². The lowest BCUT2D eigenvalue weighted by molar-refractivity contribution is -0.123. The Kier molecular flexibility index (Phi) is 8.08. The number of rotatable bonds is 7. The lowest BCUT2D eigenvalue weighted by atomic mass is 10.1. The summed E-state index contributed by atoms with van der Waals surface area (Å²) in [5, 5.41) is 3.26. The van der Waals surface area contributed by atoms with E-state index in [1.54, 1.807) is 48.5 Å². The number of imide groups is 1. The maximum Gasteiger partial charge on any atom is 0.293 e. The summed E-state index contributed by atoms with van der Waals surface area (Å²) in [5.74, 6) is 0.702. The Balaban J connectivity index is 1.22. The molecular formula is C27H19BrCl2N2O6S. The zero-order chi connectivity index (χ0) is 27.7. The summed E-state index contributed by atoms with van der Waals surface area (Å²) in [6.45, 7) is 1.75. The van der Waals surface area contributed by atoms with Crippen molar-refractivity contribution in [2.24, 2.45) is 0 Å². The van der Waals surface area contributed by atoms with E-state index < -0.39 is 11.1 Å². The molecule has 39 heavy (non-hydrogen) atoms. The van der Waals surface area contributed by atoms with Crippen molar-refractivity contribution in [3.8, 4) is 17.2 Å². The quantitative estimate of drug-likeness (QED) is 0.274. The van der Waals surface area contributed by atoms with Crippen LogP contribution in [0.3, 0.4) is 0 Å². The van der Waals surface area contributed by atoms with Crippen LogP contribution in [0.2, 0.25) is 10.0 Å². The third kappa shape index (κ3) is 6.19. The average Bonchev–Trinajstić information content (AvgIpc) is 3.45. The van der Waals surface area contributed by atoms with Crippen LogP contribution in [0.1, 0.15) is 16.7 Å². The number of benzene rings is 3. The number of carbonyl (C=O) groups is 3. The number of hydrogen-bond acceptors (Lipinski definition) is 7. The molecule has 0 radical (unpaired) electrons. The molecule has 0 atom stereocenters. The van der Waals surface area contributed by atoms with E-state index in [0.717, 1.165) is 22.2 Å². The second-order valence-corrected chi connectivity index (χ2v) is 11.2. The van der Waals surface area contributed by atoms with Crippen LogP contribution in [-0.2, 0) is 16.1 Å². The molecule has 200 valence electrons. The van der Waals surface area contributed by atoms with Crippen molar-refractivity contribution < 1.29 is 28.6 Å². The maximum absolute atomic E-state index is 13.0. The Morgan fingerprint density at radius 1 is 1.10 bits per heavy atom. The van der Waals surface area contributed by atoms with Crippen LogP contribution in [0.15, 0.2) is 57.9 Å². The summed E-state index contributed by atoms with van der Waals surface area (Å²) in [4.78, 5) is 39.3. The molecule has 0 spiro atoms. The Morgan fingerprint density at radius 2 is 1.87 bits per heavy atom. The standard InChI is InChI=1S/C27H19BrCl2N2O6S/c1-14-2-4-17(9-19(14)29)31-25(33)12-36-21-5-3-15(6-18(21)28)7-24-26(34)32(27(35)39-24)11-16-8-22-23(10-20(16)30)38-13-37-22/h2-10H,11-13H2,1H3,(H,31,33)/b24-7-. The van der Waals surface area contributed by atoms with Crippen LogP contribution in [0.4, 0.5) is 10.5 Å². The van der Waals surface area contributed by atoms with Crippen molar-refractivity contribution in [2.45, 2.75) is 13.5 Å². The van der Waals surface area contributed by atoms with E-state index in [9.17, 15) is 14.4 Å². The fourth-order valence-corrected chi connectivity index (χ4v) is 5.52. The van der Waals surface area contributed by atoms with Gasteiger partial charge < -0.3 is 19.5 Å². The summed E-state index contributed by atoms with van der Waals surface area (Å²) in [7, 11) is 0.